The Hall–Kier alpha value is -1.45. The highest BCUT2D eigenvalue weighted by Gasteiger charge is 2.27. The molecule has 2 aromatic heterocycles. The van der Waals surface area contributed by atoms with Crippen molar-refractivity contribution < 1.29 is 8.42 Å². The molecule has 0 saturated carbocycles. The Morgan fingerprint density at radius 2 is 2.19 bits per heavy atom. The van der Waals surface area contributed by atoms with Crippen LogP contribution in [-0.2, 0) is 23.5 Å². The quantitative estimate of drug-likeness (QED) is 0.862. The minimum atomic E-state index is -3.74. The number of rotatable bonds is 5. The van der Waals surface area contributed by atoms with Crippen LogP contribution < -0.4 is 10.5 Å². The number of nitrogens with zero attached hydrogens (tertiary/aromatic N) is 3. The molecule has 0 fully saturated rings. The lowest BCUT2D eigenvalue weighted by Gasteiger charge is -2.12. The first-order valence-corrected chi connectivity index (χ1v) is 8.82. The van der Waals surface area contributed by atoms with E-state index >= 15 is 0 Å². The van der Waals surface area contributed by atoms with Crippen LogP contribution >= 0.6 is 11.3 Å². The van der Waals surface area contributed by atoms with E-state index in [0.717, 1.165) is 16.3 Å². The molecule has 1 atom stereocenters. The Kier molecular flexibility index (Phi) is 4.35. The van der Waals surface area contributed by atoms with Crippen LogP contribution in [0.15, 0.2) is 11.1 Å². The van der Waals surface area contributed by atoms with E-state index in [0.29, 0.717) is 5.69 Å². The summed E-state index contributed by atoms with van der Waals surface area (Å²) in [7, 11) is -2.08. The van der Waals surface area contributed by atoms with Crippen molar-refractivity contribution in [3.63, 3.8) is 0 Å². The summed E-state index contributed by atoms with van der Waals surface area (Å²) in [5.74, 6) is 0.00286. The first-order chi connectivity index (χ1) is 9.76. The highest BCUT2D eigenvalue weighted by atomic mass is 32.2. The molecule has 0 aliphatic heterocycles. The molecule has 2 aromatic rings. The molecule has 3 N–H and O–H groups in total. The fraction of sp³-hybridized carbons (Fsp3) is 0.500. The van der Waals surface area contributed by atoms with Crippen LogP contribution in [0.5, 0.6) is 0 Å². The number of aromatic nitrogens is 3. The molecule has 0 saturated heterocycles. The van der Waals surface area contributed by atoms with Gasteiger partial charge in [-0.25, -0.2) is 18.1 Å². The van der Waals surface area contributed by atoms with E-state index in [4.69, 9.17) is 5.73 Å². The third-order valence-electron chi connectivity index (χ3n) is 3.20. The summed E-state index contributed by atoms with van der Waals surface area (Å²) in [6, 6.07) is -0.417. The summed E-state index contributed by atoms with van der Waals surface area (Å²) in [5.41, 5.74) is 6.20. The van der Waals surface area contributed by atoms with Gasteiger partial charge in [-0.1, -0.05) is 6.92 Å². The van der Waals surface area contributed by atoms with Crippen LogP contribution in [0.4, 0.5) is 5.82 Å². The third-order valence-corrected chi connectivity index (χ3v) is 6.23. The number of aryl methyl sites for hydroxylation is 2. The van der Waals surface area contributed by atoms with Gasteiger partial charge in [0, 0.05) is 18.1 Å². The average molecular weight is 329 g/mol. The number of anilines is 1. The molecule has 7 nitrogen and oxygen atoms in total. The molecule has 0 spiro atoms. The Morgan fingerprint density at radius 1 is 1.52 bits per heavy atom. The number of hydrogen-bond acceptors (Lipinski definition) is 6. The van der Waals surface area contributed by atoms with Crippen LogP contribution in [-0.4, -0.2) is 23.2 Å². The normalized spacial score (nSPS) is 13.5. The lowest BCUT2D eigenvalue weighted by atomic mass is 10.4. The van der Waals surface area contributed by atoms with E-state index in [1.165, 1.54) is 16.0 Å². The molecule has 0 amide bonds. The Bertz CT molecular complexity index is 748. The molecule has 2 heterocycles. The smallest absolute Gasteiger partial charge is 0.246 e. The zero-order valence-electron chi connectivity index (χ0n) is 12.4. The highest BCUT2D eigenvalue weighted by Crippen LogP contribution is 2.25. The van der Waals surface area contributed by atoms with Gasteiger partial charge in [0.1, 0.15) is 9.90 Å². The van der Waals surface area contributed by atoms with Gasteiger partial charge in [-0.2, -0.15) is 5.10 Å². The van der Waals surface area contributed by atoms with Crippen LogP contribution in [0, 0.1) is 6.92 Å². The summed E-state index contributed by atoms with van der Waals surface area (Å²) < 4.78 is 29.0. The van der Waals surface area contributed by atoms with Crippen molar-refractivity contribution in [2.24, 2.45) is 7.05 Å². The average Bonchev–Trinajstić information content (AvgIpc) is 2.95. The second-order valence-electron chi connectivity index (χ2n) is 4.78. The van der Waals surface area contributed by atoms with Crippen LogP contribution in [0.3, 0.4) is 0 Å². The van der Waals surface area contributed by atoms with E-state index in [9.17, 15) is 8.42 Å². The standard InChI is InChI=1S/C12H19N5O2S2/c1-5-9-6-14-12(20-9)7(2)16-21(18,19)10-8(3)17(4)15-11(10)13/h6-7,16H,5H2,1-4H3,(H2,13,15). The van der Waals surface area contributed by atoms with Crippen LogP contribution in [0.2, 0.25) is 0 Å². The van der Waals surface area contributed by atoms with Crippen molar-refractivity contribution in [1.82, 2.24) is 19.5 Å². The minimum Gasteiger partial charge on any atom is -0.381 e. The van der Waals surface area contributed by atoms with Crippen molar-refractivity contribution in [2.75, 3.05) is 5.73 Å². The summed E-state index contributed by atoms with van der Waals surface area (Å²) in [4.78, 5) is 5.40. The molecule has 9 heteroatoms. The Balaban J connectivity index is 2.28. The van der Waals surface area contributed by atoms with Gasteiger partial charge in [0.15, 0.2) is 5.82 Å². The number of hydrogen-bond donors (Lipinski definition) is 2. The number of nitrogens with two attached hydrogens (primary N) is 1. The molecule has 0 aromatic carbocycles. The number of sulfonamides is 1. The Labute approximate surface area is 128 Å². The van der Waals surface area contributed by atoms with E-state index in [1.807, 2.05) is 6.92 Å². The summed E-state index contributed by atoms with van der Waals surface area (Å²) in [6.07, 6.45) is 2.65. The zero-order chi connectivity index (χ0) is 15.8. The van der Waals surface area contributed by atoms with Gasteiger partial charge in [-0.15, -0.1) is 11.3 Å². The van der Waals surface area contributed by atoms with Crippen molar-refractivity contribution in [1.29, 1.82) is 0 Å². The van der Waals surface area contributed by atoms with Gasteiger partial charge in [0.25, 0.3) is 0 Å². The first kappa shape index (κ1) is 15.9. The summed E-state index contributed by atoms with van der Waals surface area (Å²) in [5, 5.41) is 4.67. The number of nitrogen functional groups attached to an aromatic ring is 1. The molecule has 1 unspecified atom stereocenters. The Morgan fingerprint density at radius 3 is 2.67 bits per heavy atom. The predicted molar refractivity (Wildman–Crippen MR) is 82.6 cm³/mol. The monoisotopic (exact) mass is 329 g/mol. The fourth-order valence-corrected chi connectivity index (χ4v) is 4.44. The van der Waals surface area contributed by atoms with Gasteiger partial charge in [0.05, 0.1) is 11.7 Å². The maximum Gasteiger partial charge on any atom is 0.246 e. The molecule has 21 heavy (non-hydrogen) atoms. The topological polar surface area (TPSA) is 103 Å². The van der Waals surface area contributed by atoms with Gasteiger partial charge in [-0.3, -0.25) is 4.68 Å². The highest BCUT2D eigenvalue weighted by molar-refractivity contribution is 7.89. The molecule has 0 aliphatic carbocycles. The van der Waals surface area contributed by atoms with Gasteiger partial charge >= 0.3 is 0 Å². The SMILES string of the molecule is CCc1cnc(C(C)NS(=O)(=O)c2c(N)nn(C)c2C)s1. The molecular formula is C12H19N5O2S2. The van der Waals surface area contributed by atoms with Crippen molar-refractivity contribution >= 4 is 27.2 Å². The van der Waals surface area contributed by atoms with Crippen molar-refractivity contribution in [3.05, 3.63) is 21.8 Å². The van der Waals surface area contributed by atoms with E-state index in [2.05, 4.69) is 14.8 Å². The van der Waals surface area contributed by atoms with Crippen molar-refractivity contribution in [3.8, 4) is 0 Å². The van der Waals surface area contributed by atoms with Crippen molar-refractivity contribution in [2.45, 2.75) is 38.1 Å². The van der Waals surface area contributed by atoms with Gasteiger partial charge in [0.2, 0.25) is 10.0 Å². The lowest BCUT2D eigenvalue weighted by Crippen LogP contribution is -2.27. The molecule has 0 bridgehead atoms. The largest absolute Gasteiger partial charge is 0.381 e. The van der Waals surface area contributed by atoms with Crippen LogP contribution in [0.1, 0.15) is 35.5 Å². The molecule has 2 rings (SSSR count). The third kappa shape index (κ3) is 3.09. The summed E-state index contributed by atoms with van der Waals surface area (Å²) in [6.45, 7) is 5.46. The zero-order valence-corrected chi connectivity index (χ0v) is 14.0. The molecular weight excluding hydrogens is 310 g/mol. The number of thiazole rings is 1. The number of nitrogens with one attached hydrogen (secondary N) is 1. The second-order valence-corrected chi connectivity index (χ2v) is 7.58. The van der Waals surface area contributed by atoms with E-state index < -0.39 is 16.1 Å². The predicted octanol–water partition coefficient (Wildman–Crippen LogP) is 1.37. The van der Waals surface area contributed by atoms with E-state index in [1.54, 1.807) is 27.1 Å². The minimum absolute atomic E-state index is 0.00286. The maximum absolute atomic E-state index is 12.5. The maximum atomic E-state index is 12.5. The van der Waals surface area contributed by atoms with Crippen LogP contribution in [0.25, 0.3) is 0 Å². The summed E-state index contributed by atoms with van der Waals surface area (Å²) >= 11 is 1.50. The van der Waals surface area contributed by atoms with E-state index in [-0.39, 0.29) is 10.7 Å². The van der Waals surface area contributed by atoms with Gasteiger partial charge in [-0.05, 0) is 20.3 Å². The first-order valence-electron chi connectivity index (χ1n) is 6.52. The lowest BCUT2D eigenvalue weighted by molar-refractivity contribution is 0.565. The second kappa shape index (κ2) is 5.74. The molecule has 0 radical (unpaired) electrons. The van der Waals surface area contributed by atoms with Gasteiger partial charge < -0.3 is 5.73 Å². The molecule has 116 valence electrons. The molecule has 0 aliphatic rings. The fourth-order valence-electron chi connectivity index (χ4n) is 1.97.